The van der Waals surface area contributed by atoms with E-state index in [2.05, 4.69) is 10.3 Å². The number of nitrogens with one attached hydrogen (secondary N) is 1. The molecule has 1 unspecified atom stereocenters. The van der Waals surface area contributed by atoms with E-state index in [1.54, 1.807) is 0 Å². The number of aryl methyl sites for hydroxylation is 1. The van der Waals surface area contributed by atoms with E-state index in [9.17, 15) is 9.90 Å². The fraction of sp³-hybridized carbons (Fsp3) is 0.222. The summed E-state index contributed by atoms with van der Waals surface area (Å²) in [7, 11) is 0. The van der Waals surface area contributed by atoms with Gasteiger partial charge in [0.25, 0.3) is 0 Å². The number of thioether (sulfide) groups is 1. The van der Waals surface area contributed by atoms with Crippen LogP contribution in [0.1, 0.15) is 22.8 Å². The van der Waals surface area contributed by atoms with Crippen molar-refractivity contribution in [2.75, 3.05) is 12.1 Å². The van der Waals surface area contributed by atoms with Crippen LogP contribution in [0.3, 0.4) is 0 Å². The summed E-state index contributed by atoms with van der Waals surface area (Å²) < 4.78 is 10.8. The largest absolute Gasteiger partial charge is 0.481 e. The highest BCUT2D eigenvalue weighted by atomic mass is 32.2. The van der Waals surface area contributed by atoms with Gasteiger partial charge in [-0.3, -0.25) is 4.79 Å². The molecule has 0 fully saturated rings. The van der Waals surface area contributed by atoms with Crippen LogP contribution >= 0.6 is 11.8 Å². The molecule has 0 saturated heterocycles. The SMILES string of the molecule is Cc1ccc(NC2=Nc3cc4c(cc3C(CC(=O)O)S2)OCO4)cc1. The van der Waals surface area contributed by atoms with E-state index in [0.29, 0.717) is 22.4 Å². The summed E-state index contributed by atoms with van der Waals surface area (Å²) in [5, 5.41) is 13.0. The smallest absolute Gasteiger partial charge is 0.304 e. The van der Waals surface area contributed by atoms with E-state index in [0.717, 1.165) is 11.3 Å². The van der Waals surface area contributed by atoms with Gasteiger partial charge in [0.15, 0.2) is 16.7 Å². The molecule has 2 aliphatic rings. The van der Waals surface area contributed by atoms with E-state index in [4.69, 9.17) is 9.47 Å². The van der Waals surface area contributed by atoms with Crippen LogP contribution in [0.25, 0.3) is 0 Å². The van der Waals surface area contributed by atoms with E-state index in [-0.39, 0.29) is 18.5 Å². The molecule has 2 N–H and O–H groups in total. The number of aliphatic carboxylic acids is 1. The lowest BCUT2D eigenvalue weighted by Crippen LogP contribution is -2.16. The molecule has 2 aromatic rings. The lowest BCUT2D eigenvalue weighted by atomic mass is 10.1. The normalized spacial score (nSPS) is 17.6. The Labute approximate surface area is 148 Å². The minimum Gasteiger partial charge on any atom is -0.481 e. The Kier molecular flexibility index (Phi) is 4.01. The molecule has 25 heavy (non-hydrogen) atoms. The van der Waals surface area contributed by atoms with Gasteiger partial charge in [0, 0.05) is 11.8 Å². The monoisotopic (exact) mass is 356 g/mol. The molecule has 2 aliphatic heterocycles. The zero-order valence-corrected chi connectivity index (χ0v) is 14.3. The summed E-state index contributed by atoms with van der Waals surface area (Å²) in [5.41, 5.74) is 3.65. The van der Waals surface area contributed by atoms with Crippen molar-refractivity contribution in [3.05, 3.63) is 47.5 Å². The molecule has 0 radical (unpaired) electrons. The highest BCUT2D eigenvalue weighted by Gasteiger charge is 2.29. The second kappa shape index (κ2) is 6.33. The van der Waals surface area contributed by atoms with Gasteiger partial charge in [-0.15, -0.1) is 0 Å². The fourth-order valence-corrected chi connectivity index (χ4v) is 3.90. The number of nitrogens with zero attached hydrogens (tertiary/aromatic N) is 1. The maximum absolute atomic E-state index is 11.3. The van der Waals surface area contributed by atoms with Crippen molar-refractivity contribution in [3.63, 3.8) is 0 Å². The first kappa shape index (κ1) is 15.8. The molecule has 0 saturated carbocycles. The zero-order valence-electron chi connectivity index (χ0n) is 13.5. The molecule has 1 atom stereocenters. The summed E-state index contributed by atoms with van der Waals surface area (Å²) >= 11 is 1.41. The van der Waals surface area contributed by atoms with Gasteiger partial charge < -0.3 is 19.9 Å². The number of carboxylic acid groups (broad SMARTS) is 1. The summed E-state index contributed by atoms with van der Waals surface area (Å²) in [6, 6.07) is 11.6. The van der Waals surface area contributed by atoms with Crippen molar-refractivity contribution < 1.29 is 19.4 Å². The molecular formula is C18H16N2O4S. The molecule has 0 bridgehead atoms. The summed E-state index contributed by atoms with van der Waals surface area (Å²) in [6.07, 6.45) is 0.00586. The lowest BCUT2D eigenvalue weighted by molar-refractivity contribution is -0.137. The Bertz CT molecular complexity index is 864. The van der Waals surface area contributed by atoms with Crippen LogP contribution in [0.5, 0.6) is 11.5 Å². The third-order valence-electron chi connectivity index (χ3n) is 4.01. The standard InChI is InChI=1S/C18H16N2O4S/c1-10-2-4-11(5-3-10)19-18-20-13-7-15-14(23-9-24-15)6-12(13)16(25-18)8-17(21)22/h2-7,16H,8-9H2,1H3,(H,19,20)(H,21,22). The average Bonchev–Trinajstić information content (AvgIpc) is 3.02. The van der Waals surface area contributed by atoms with Crippen molar-refractivity contribution in [2.45, 2.75) is 18.6 Å². The summed E-state index contributed by atoms with van der Waals surface area (Å²) in [6.45, 7) is 2.20. The highest BCUT2D eigenvalue weighted by molar-refractivity contribution is 8.14. The minimum atomic E-state index is -0.849. The third-order valence-corrected chi connectivity index (χ3v) is 5.13. The topological polar surface area (TPSA) is 80.2 Å². The molecule has 128 valence electrons. The van der Waals surface area contributed by atoms with Crippen molar-refractivity contribution >= 4 is 34.3 Å². The maximum atomic E-state index is 11.3. The van der Waals surface area contributed by atoms with Gasteiger partial charge >= 0.3 is 5.97 Å². The maximum Gasteiger partial charge on any atom is 0.304 e. The van der Waals surface area contributed by atoms with E-state index in [1.165, 1.54) is 17.3 Å². The first-order valence-electron chi connectivity index (χ1n) is 7.83. The molecule has 6 nitrogen and oxygen atoms in total. The van der Waals surface area contributed by atoms with E-state index >= 15 is 0 Å². The van der Waals surface area contributed by atoms with Crippen molar-refractivity contribution in [2.24, 2.45) is 4.99 Å². The van der Waals surface area contributed by atoms with Crippen LogP contribution in [0.4, 0.5) is 11.4 Å². The van der Waals surface area contributed by atoms with E-state index in [1.807, 2.05) is 43.3 Å². The average molecular weight is 356 g/mol. The van der Waals surface area contributed by atoms with Crippen LogP contribution in [-0.2, 0) is 4.79 Å². The third kappa shape index (κ3) is 3.28. The predicted molar refractivity (Wildman–Crippen MR) is 97.0 cm³/mol. The van der Waals surface area contributed by atoms with Gasteiger partial charge in [-0.2, -0.15) is 0 Å². The first-order chi connectivity index (χ1) is 12.1. The Morgan fingerprint density at radius 3 is 2.72 bits per heavy atom. The van der Waals surface area contributed by atoms with Crippen molar-refractivity contribution in [3.8, 4) is 11.5 Å². The van der Waals surface area contributed by atoms with Crippen LogP contribution in [0, 0.1) is 6.92 Å². The first-order valence-corrected chi connectivity index (χ1v) is 8.71. The number of carbonyl (C=O) groups is 1. The minimum absolute atomic E-state index is 0.00586. The van der Waals surface area contributed by atoms with E-state index < -0.39 is 5.97 Å². The number of hydrogen-bond donors (Lipinski definition) is 2. The molecule has 7 heteroatoms. The van der Waals surface area contributed by atoms with Crippen molar-refractivity contribution in [1.82, 2.24) is 0 Å². The number of aliphatic imine (C=N–C) groups is 1. The predicted octanol–water partition coefficient (Wildman–Crippen LogP) is 4.09. The zero-order chi connectivity index (χ0) is 17.4. The fourth-order valence-electron chi connectivity index (χ4n) is 2.76. The lowest BCUT2D eigenvalue weighted by Gasteiger charge is -2.24. The number of anilines is 1. The number of rotatable bonds is 3. The molecule has 2 aromatic carbocycles. The molecule has 0 aromatic heterocycles. The number of carboxylic acids is 1. The van der Waals surface area contributed by atoms with Gasteiger partial charge in [0.2, 0.25) is 6.79 Å². The molecule has 2 heterocycles. The Hall–Kier alpha value is -2.67. The number of hydrogen-bond acceptors (Lipinski definition) is 6. The number of benzene rings is 2. The Morgan fingerprint density at radius 1 is 1.28 bits per heavy atom. The van der Waals surface area contributed by atoms with Gasteiger partial charge in [-0.25, -0.2) is 4.99 Å². The Balaban J connectivity index is 1.69. The molecule has 0 spiro atoms. The quantitative estimate of drug-likeness (QED) is 0.862. The highest BCUT2D eigenvalue weighted by Crippen LogP contribution is 2.48. The second-order valence-corrected chi connectivity index (χ2v) is 7.07. The number of fused-ring (bicyclic) bond motifs is 2. The van der Waals surface area contributed by atoms with Crippen molar-refractivity contribution in [1.29, 1.82) is 0 Å². The second-order valence-electron chi connectivity index (χ2n) is 5.88. The van der Waals surface area contributed by atoms with Gasteiger partial charge in [-0.1, -0.05) is 29.5 Å². The van der Waals surface area contributed by atoms with Crippen LogP contribution < -0.4 is 14.8 Å². The Morgan fingerprint density at radius 2 is 2.00 bits per heavy atom. The summed E-state index contributed by atoms with van der Waals surface area (Å²) in [5.74, 6) is 0.427. The molecule has 0 aliphatic carbocycles. The molecule has 0 amide bonds. The number of ether oxygens (including phenoxy) is 2. The number of amidine groups is 1. The van der Waals surface area contributed by atoms with Gasteiger partial charge in [0.1, 0.15) is 0 Å². The van der Waals surface area contributed by atoms with Gasteiger partial charge in [0.05, 0.1) is 17.4 Å². The molecule has 4 rings (SSSR count). The van der Waals surface area contributed by atoms with Crippen LogP contribution in [0.15, 0.2) is 41.4 Å². The van der Waals surface area contributed by atoms with Gasteiger partial charge in [-0.05, 0) is 30.7 Å². The molecular weight excluding hydrogens is 340 g/mol. The van der Waals surface area contributed by atoms with Crippen LogP contribution in [0.2, 0.25) is 0 Å². The van der Waals surface area contributed by atoms with Crippen LogP contribution in [-0.4, -0.2) is 23.0 Å². The summed E-state index contributed by atoms with van der Waals surface area (Å²) in [4.78, 5) is 15.9.